The summed E-state index contributed by atoms with van der Waals surface area (Å²) in [4.78, 5) is 52.3. The number of benzene rings is 3. The van der Waals surface area contributed by atoms with Crippen LogP contribution in [0, 0.1) is 0 Å². The lowest BCUT2D eigenvalue weighted by Crippen LogP contribution is -2.31. The molecule has 0 atom stereocenters. The Hall–Kier alpha value is -4.52. The van der Waals surface area contributed by atoms with Gasteiger partial charge in [0.1, 0.15) is 5.76 Å². The van der Waals surface area contributed by atoms with E-state index in [9.17, 15) is 24.3 Å². The number of para-hydroxylation sites is 1. The van der Waals surface area contributed by atoms with E-state index in [0.29, 0.717) is 33.5 Å². The van der Waals surface area contributed by atoms with Crippen molar-refractivity contribution < 1.29 is 24.3 Å². The number of aliphatic hydroxyl groups is 1. The molecule has 2 aliphatic rings. The largest absolute Gasteiger partial charge is 0.506 e. The lowest BCUT2D eigenvalue weighted by molar-refractivity contribution is -0.122. The molecular formula is C26H18N2O5. The molecule has 0 spiro atoms. The molecule has 7 heteroatoms. The number of hydrogen-bond acceptors (Lipinski definition) is 5. The van der Waals surface area contributed by atoms with Crippen LogP contribution in [0.3, 0.4) is 0 Å². The first-order valence-electron chi connectivity index (χ1n) is 10.3. The summed E-state index contributed by atoms with van der Waals surface area (Å²) in [5.74, 6) is -1.96. The number of fused-ring (bicyclic) bond motifs is 2. The Labute approximate surface area is 189 Å². The molecule has 1 N–H and O–H groups in total. The van der Waals surface area contributed by atoms with Gasteiger partial charge in [0.15, 0.2) is 0 Å². The van der Waals surface area contributed by atoms with Crippen molar-refractivity contribution in [3.8, 4) is 0 Å². The Morgan fingerprint density at radius 2 is 1.30 bits per heavy atom. The van der Waals surface area contributed by atoms with E-state index in [1.54, 1.807) is 72.8 Å². The van der Waals surface area contributed by atoms with Gasteiger partial charge in [-0.05, 0) is 23.8 Å². The molecule has 2 heterocycles. The second-order valence-corrected chi connectivity index (χ2v) is 7.84. The molecule has 3 aromatic carbocycles. The van der Waals surface area contributed by atoms with Gasteiger partial charge in [-0.1, -0.05) is 54.6 Å². The number of anilines is 1. The van der Waals surface area contributed by atoms with Crippen LogP contribution in [-0.4, -0.2) is 33.6 Å². The van der Waals surface area contributed by atoms with Crippen LogP contribution in [0.4, 0.5) is 5.69 Å². The highest BCUT2D eigenvalue weighted by molar-refractivity contribution is 6.42. The highest BCUT2D eigenvalue weighted by Crippen LogP contribution is 2.40. The molecule has 0 aromatic heterocycles. The standard InChI is InChI=1S/C26H18N2O5/c1-15(29)28-21-9-5-4-8-20(21)22(26(28)33)23(30)17-12-10-16(11-13-17)14-27-24(31)18-6-2-3-7-19(18)25(27)32/h2-13,30H,14H2,1H3/b23-22+. The van der Waals surface area contributed by atoms with Crippen molar-refractivity contribution in [2.24, 2.45) is 0 Å². The van der Waals surface area contributed by atoms with Crippen molar-refractivity contribution in [3.63, 3.8) is 0 Å². The van der Waals surface area contributed by atoms with E-state index in [1.807, 2.05) is 0 Å². The number of imide groups is 2. The van der Waals surface area contributed by atoms with Crippen molar-refractivity contribution in [1.82, 2.24) is 4.90 Å². The van der Waals surface area contributed by atoms with Gasteiger partial charge >= 0.3 is 0 Å². The molecule has 2 aliphatic heterocycles. The van der Waals surface area contributed by atoms with E-state index in [4.69, 9.17) is 0 Å². The van der Waals surface area contributed by atoms with Crippen LogP contribution in [0.1, 0.15) is 44.3 Å². The maximum atomic E-state index is 12.9. The van der Waals surface area contributed by atoms with Gasteiger partial charge in [0.05, 0.1) is 28.9 Å². The van der Waals surface area contributed by atoms with Crippen LogP contribution < -0.4 is 4.90 Å². The average molecular weight is 438 g/mol. The zero-order valence-electron chi connectivity index (χ0n) is 17.6. The molecule has 0 bridgehead atoms. The van der Waals surface area contributed by atoms with E-state index >= 15 is 0 Å². The third kappa shape index (κ3) is 3.13. The molecule has 0 fully saturated rings. The summed E-state index contributed by atoms with van der Waals surface area (Å²) in [6, 6.07) is 20.1. The number of amides is 4. The van der Waals surface area contributed by atoms with E-state index in [-0.39, 0.29) is 29.7 Å². The summed E-state index contributed by atoms with van der Waals surface area (Å²) in [6.07, 6.45) is 0. The Morgan fingerprint density at radius 3 is 1.88 bits per heavy atom. The first-order valence-corrected chi connectivity index (χ1v) is 10.3. The van der Waals surface area contributed by atoms with Crippen molar-refractivity contribution >= 4 is 40.6 Å². The number of aliphatic hydroxyl groups excluding tert-OH is 1. The lowest BCUT2D eigenvalue weighted by atomic mass is 10.0. The number of rotatable bonds is 3. The van der Waals surface area contributed by atoms with E-state index < -0.39 is 11.8 Å². The first-order chi connectivity index (χ1) is 15.9. The minimum absolute atomic E-state index is 0.0499. The van der Waals surface area contributed by atoms with Crippen molar-refractivity contribution in [3.05, 3.63) is 101 Å². The van der Waals surface area contributed by atoms with Crippen molar-refractivity contribution in [1.29, 1.82) is 0 Å². The first kappa shape index (κ1) is 20.4. The Bertz CT molecular complexity index is 1350. The van der Waals surface area contributed by atoms with Gasteiger partial charge in [-0.15, -0.1) is 0 Å². The van der Waals surface area contributed by atoms with Crippen LogP contribution in [0.15, 0.2) is 72.8 Å². The summed E-state index contributed by atoms with van der Waals surface area (Å²) < 4.78 is 0. The fourth-order valence-corrected chi connectivity index (χ4v) is 4.24. The zero-order valence-corrected chi connectivity index (χ0v) is 17.6. The molecule has 162 valence electrons. The van der Waals surface area contributed by atoms with Gasteiger partial charge in [0.25, 0.3) is 17.7 Å². The molecule has 0 unspecified atom stereocenters. The van der Waals surface area contributed by atoms with Gasteiger partial charge in [-0.3, -0.25) is 24.1 Å². The topological polar surface area (TPSA) is 95.0 Å². The monoisotopic (exact) mass is 438 g/mol. The van der Waals surface area contributed by atoms with Gasteiger partial charge in [0, 0.05) is 18.1 Å². The molecule has 0 saturated heterocycles. The maximum Gasteiger partial charge on any atom is 0.269 e. The van der Waals surface area contributed by atoms with Crippen LogP contribution in [0.25, 0.3) is 11.3 Å². The summed E-state index contributed by atoms with van der Waals surface area (Å²) in [5, 5.41) is 10.9. The smallest absolute Gasteiger partial charge is 0.269 e. The minimum Gasteiger partial charge on any atom is -0.506 e. The Balaban J connectivity index is 1.44. The summed E-state index contributed by atoms with van der Waals surface area (Å²) in [6.45, 7) is 1.38. The number of carbonyl (C=O) groups excluding carboxylic acids is 4. The molecular weight excluding hydrogens is 420 g/mol. The van der Waals surface area contributed by atoms with Gasteiger partial charge in [-0.2, -0.15) is 0 Å². The van der Waals surface area contributed by atoms with Crippen LogP contribution in [0.5, 0.6) is 0 Å². The normalized spacial score (nSPS) is 16.2. The zero-order chi connectivity index (χ0) is 23.3. The summed E-state index contributed by atoms with van der Waals surface area (Å²) >= 11 is 0. The van der Waals surface area contributed by atoms with E-state index in [2.05, 4.69) is 0 Å². The number of hydrogen-bond donors (Lipinski definition) is 1. The van der Waals surface area contributed by atoms with Crippen molar-refractivity contribution in [2.45, 2.75) is 13.5 Å². The average Bonchev–Trinajstić information content (AvgIpc) is 3.25. The van der Waals surface area contributed by atoms with Crippen LogP contribution in [0.2, 0.25) is 0 Å². The van der Waals surface area contributed by atoms with Gasteiger partial charge < -0.3 is 5.11 Å². The SMILES string of the molecule is CC(=O)N1C(=O)/C(=C(/O)c2ccc(CN3C(=O)c4ccccc4C3=O)cc2)c2ccccc21. The molecule has 0 aliphatic carbocycles. The summed E-state index contributed by atoms with van der Waals surface area (Å²) in [5.41, 5.74) is 2.79. The fourth-order valence-electron chi connectivity index (χ4n) is 4.24. The maximum absolute atomic E-state index is 12.9. The minimum atomic E-state index is -0.587. The third-order valence-corrected chi connectivity index (χ3v) is 5.83. The fraction of sp³-hybridized carbons (Fsp3) is 0.0769. The third-order valence-electron chi connectivity index (χ3n) is 5.83. The predicted octanol–water partition coefficient (Wildman–Crippen LogP) is 3.80. The predicted molar refractivity (Wildman–Crippen MR) is 121 cm³/mol. The molecule has 0 saturated carbocycles. The second kappa shape index (κ2) is 7.56. The summed E-state index contributed by atoms with van der Waals surface area (Å²) in [7, 11) is 0. The second-order valence-electron chi connectivity index (χ2n) is 7.84. The quantitative estimate of drug-likeness (QED) is 0.381. The molecule has 33 heavy (non-hydrogen) atoms. The van der Waals surface area contributed by atoms with Gasteiger partial charge in [-0.25, -0.2) is 4.90 Å². The Morgan fingerprint density at radius 1 is 0.758 bits per heavy atom. The van der Waals surface area contributed by atoms with E-state index in [1.165, 1.54) is 11.8 Å². The van der Waals surface area contributed by atoms with E-state index in [0.717, 1.165) is 4.90 Å². The van der Waals surface area contributed by atoms with Crippen LogP contribution >= 0.6 is 0 Å². The molecule has 4 amide bonds. The molecule has 0 radical (unpaired) electrons. The number of nitrogens with zero attached hydrogens (tertiary/aromatic N) is 2. The lowest BCUT2D eigenvalue weighted by Gasteiger charge is -2.14. The Kier molecular flexibility index (Phi) is 4.67. The number of carbonyl (C=O) groups is 4. The molecule has 5 rings (SSSR count). The van der Waals surface area contributed by atoms with Crippen LogP contribution in [-0.2, 0) is 16.1 Å². The molecule has 7 nitrogen and oxygen atoms in total. The van der Waals surface area contributed by atoms with Gasteiger partial charge in [0.2, 0.25) is 5.91 Å². The molecule has 3 aromatic rings. The highest BCUT2D eigenvalue weighted by Gasteiger charge is 2.38. The van der Waals surface area contributed by atoms with Crippen molar-refractivity contribution in [2.75, 3.05) is 4.90 Å². The highest BCUT2D eigenvalue weighted by atomic mass is 16.3.